The minimum absolute atomic E-state index is 0.0527. The molecular weight excluding hydrogens is 424 g/mol. The van der Waals surface area contributed by atoms with Crippen LogP contribution < -0.4 is 10.1 Å². The fourth-order valence-corrected chi connectivity index (χ4v) is 3.52. The number of nitrogens with zero attached hydrogens (tertiary/aromatic N) is 3. The summed E-state index contributed by atoms with van der Waals surface area (Å²) in [6, 6.07) is 11.5. The zero-order valence-electron chi connectivity index (χ0n) is 20.0. The van der Waals surface area contributed by atoms with Crippen LogP contribution in [0.2, 0.25) is 5.02 Å². The van der Waals surface area contributed by atoms with E-state index < -0.39 is 0 Å². The molecule has 0 saturated heterocycles. The molecule has 0 unspecified atom stereocenters. The van der Waals surface area contributed by atoms with Crippen LogP contribution in [0.5, 0.6) is 5.75 Å². The summed E-state index contributed by atoms with van der Waals surface area (Å²) in [7, 11) is 1.57. The first-order chi connectivity index (χ1) is 14.8. The number of halogens is 1. The lowest BCUT2D eigenvalue weighted by molar-refractivity contribution is 0.102. The Hall–Kier alpha value is -2.86. The van der Waals surface area contributed by atoms with E-state index in [1.54, 1.807) is 36.9 Å². The molecule has 1 amide bonds. The Balaban J connectivity index is 1.98. The molecule has 32 heavy (non-hydrogen) atoms. The highest BCUT2D eigenvalue weighted by Crippen LogP contribution is 2.32. The number of methoxy groups -OCH3 is 1. The number of hydrogen-bond acceptors (Lipinski definition) is 4. The molecule has 1 N–H and O–H groups in total. The summed E-state index contributed by atoms with van der Waals surface area (Å²) in [5, 5.41) is 11.9. The van der Waals surface area contributed by atoms with Crippen LogP contribution in [0.25, 0.3) is 5.69 Å². The Morgan fingerprint density at radius 2 is 1.59 bits per heavy atom. The van der Waals surface area contributed by atoms with E-state index in [9.17, 15) is 4.79 Å². The summed E-state index contributed by atoms with van der Waals surface area (Å²) >= 11 is 6.16. The maximum Gasteiger partial charge on any atom is 0.278 e. The number of carbonyl (C=O) groups is 1. The van der Waals surface area contributed by atoms with Gasteiger partial charge >= 0.3 is 0 Å². The first-order valence-electron chi connectivity index (χ1n) is 10.5. The average molecular weight is 455 g/mol. The second-order valence-corrected chi connectivity index (χ2v) is 10.4. The van der Waals surface area contributed by atoms with Crippen LogP contribution in [-0.4, -0.2) is 28.0 Å². The van der Waals surface area contributed by atoms with Crippen molar-refractivity contribution in [2.75, 3.05) is 12.4 Å². The van der Waals surface area contributed by atoms with Crippen LogP contribution in [0, 0.1) is 6.92 Å². The molecule has 0 spiro atoms. The number of benzene rings is 2. The number of amides is 1. The Morgan fingerprint density at radius 1 is 1.00 bits per heavy atom. The number of hydrogen-bond donors (Lipinski definition) is 1. The van der Waals surface area contributed by atoms with Gasteiger partial charge in [0.05, 0.1) is 12.8 Å². The van der Waals surface area contributed by atoms with Gasteiger partial charge in [-0.05, 0) is 59.2 Å². The highest BCUT2D eigenvalue weighted by molar-refractivity contribution is 6.30. The summed E-state index contributed by atoms with van der Waals surface area (Å²) in [6.45, 7) is 14.8. The molecule has 6 nitrogen and oxygen atoms in total. The molecule has 0 bridgehead atoms. The van der Waals surface area contributed by atoms with Gasteiger partial charge in [-0.1, -0.05) is 64.4 Å². The minimum atomic E-state index is -0.319. The van der Waals surface area contributed by atoms with Crippen molar-refractivity contribution in [3.05, 3.63) is 63.9 Å². The second kappa shape index (κ2) is 8.58. The number of carbonyl (C=O) groups excluding carboxylic acids is 1. The molecule has 1 aromatic heterocycles. The minimum Gasteiger partial charge on any atom is -0.494 e. The summed E-state index contributed by atoms with van der Waals surface area (Å²) in [5.41, 5.74) is 4.40. The van der Waals surface area contributed by atoms with E-state index in [-0.39, 0.29) is 22.4 Å². The number of rotatable bonds is 4. The van der Waals surface area contributed by atoms with E-state index in [0.29, 0.717) is 22.2 Å². The highest BCUT2D eigenvalue weighted by Gasteiger charge is 2.23. The van der Waals surface area contributed by atoms with Gasteiger partial charge in [0.1, 0.15) is 11.4 Å². The van der Waals surface area contributed by atoms with Crippen molar-refractivity contribution < 1.29 is 9.53 Å². The van der Waals surface area contributed by atoms with E-state index in [1.165, 1.54) is 0 Å². The number of aromatic nitrogens is 3. The summed E-state index contributed by atoms with van der Waals surface area (Å²) < 4.78 is 6.98. The lowest BCUT2D eigenvalue weighted by Gasteiger charge is -2.26. The standard InChI is InChI=1S/C25H31ClN4O2/c1-15-22(28-29-30(15)20-14-18(26)9-10-21(20)32-8)23(31)27-19-12-16(24(2,3)4)11-17(13-19)25(5,6)7/h9-14H,1-8H3,(H,27,31). The maximum absolute atomic E-state index is 13.1. The topological polar surface area (TPSA) is 69.0 Å². The zero-order valence-corrected chi connectivity index (χ0v) is 20.8. The first-order valence-corrected chi connectivity index (χ1v) is 10.9. The van der Waals surface area contributed by atoms with Gasteiger partial charge < -0.3 is 10.1 Å². The van der Waals surface area contributed by atoms with Crippen LogP contribution >= 0.6 is 11.6 Å². The van der Waals surface area contributed by atoms with Crippen molar-refractivity contribution >= 4 is 23.2 Å². The van der Waals surface area contributed by atoms with E-state index in [0.717, 1.165) is 16.8 Å². The van der Waals surface area contributed by atoms with Crippen molar-refractivity contribution in [3.8, 4) is 11.4 Å². The van der Waals surface area contributed by atoms with E-state index in [2.05, 4.69) is 63.2 Å². The molecule has 0 aliphatic rings. The van der Waals surface area contributed by atoms with Gasteiger partial charge in [-0.15, -0.1) is 5.10 Å². The average Bonchev–Trinajstić information content (AvgIpc) is 3.07. The van der Waals surface area contributed by atoms with Crippen molar-refractivity contribution in [2.45, 2.75) is 59.3 Å². The largest absolute Gasteiger partial charge is 0.494 e. The van der Waals surface area contributed by atoms with Gasteiger partial charge in [-0.2, -0.15) is 0 Å². The van der Waals surface area contributed by atoms with Gasteiger partial charge in [0.2, 0.25) is 0 Å². The SMILES string of the molecule is COc1ccc(Cl)cc1-n1nnc(C(=O)Nc2cc(C(C)(C)C)cc(C(C)(C)C)c2)c1C. The van der Waals surface area contributed by atoms with Crippen molar-refractivity contribution in [1.29, 1.82) is 0 Å². The number of nitrogens with one attached hydrogen (secondary N) is 1. The lowest BCUT2D eigenvalue weighted by Crippen LogP contribution is -2.19. The molecule has 3 rings (SSSR count). The molecule has 170 valence electrons. The molecule has 2 aromatic carbocycles. The molecule has 0 atom stereocenters. The first kappa shape index (κ1) is 23.8. The van der Waals surface area contributed by atoms with Crippen LogP contribution in [0.4, 0.5) is 5.69 Å². The smallest absolute Gasteiger partial charge is 0.278 e. The van der Waals surface area contributed by atoms with Gasteiger partial charge in [0, 0.05) is 10.7 Å². The van der Waals surface area contributed by atoms with Crippen molar-refractivity contribution in [2.24, 2.45) is 0 Å². The zero-order chi connectivity index (χ0) is 23.8. The van der Waals surface area contributed by atoms with E-state index in [1.807, 2.05) is 12.1 Å². The molecule has 3 aromatic rings. The monoisotopic (exact) mass is 454 g/mol. The van der Waals surface area contributed by atoms with Gasteiger partial charge in [0.25, 0.3) is 5.91 Å². The van der Waals surface area contributed by atoms with Crippen LogP contribution in [-0.2, 0) is 10.8 Å². The molecular formula is C25H31ClN4O2. The highest BCUT2D eigenvalue weighted by atomic mass is 35.5. The van der Waals surface area contributed by atoms with Gasteiger partial charge in [-0.25, -0.2) is 4.68 Å². The molecule has 7 heteroatoms. The fourth-order valence-electron chi connectivity index (χ4n) is 3.35. The number of ether oxygens (including phenoxy) is 1. The van der Waals surface area contributed by atoms with Gasteiger partial charge in [-0.3, -0.25) is 4.79 Å². The van der Waals surface area contributed by atoms with Gasteiger partial charge in [0.15, 0.2) is 5.69 Å². The normalized spacial score (nSPS) is 12.0. The quantitative estimate of drug-likeness (QED) is 0.518. The second-order valence-electron chi connectivity index (χ2n) is 10.0. The maximum atomic E-state index is 13.1. The summed E-state index contributed by atoms with van der Waals surface area (Å²) in [4.78, 5) is 13.1. The van der Waals surface area contributed by atoms with Crippen LogP contribution in [0.1, 0.15) is 68.9 Å². The summed E-state index contributed by atoms with van der Waals surface area (Å²) in [6.07, 6.45) is 0. The Morgan fingerprint density at radius 3 is 2.12 bits per heavy atom. The molecule has 0 aliphatic carbocycles. The fraction of sp³-hybridized carbons (Fsp3) is 0.400. The molecule has 0 fully saturated rings. The third kappa shape index (κ3) is 4.96. The van der Waals surface area contributed by atoms with Crippen LogP contribution in [0.3, 0.4) is 0 Å². The third-order valence-corrected chi connectivity index (χ3v) is 5.64. The van der Waals surface area contributed by atoms with Crippen molar-refractivity contribution in [1.82, 2.24) is 15.0 Å². The Bertz CT molecular complexity index is 1120. The Kier molecular flexibility index (Phi) is 6.38. The molecule has 0 radical (unpaired) electrons. The van der Waals surface area contributed by atoms with E-state index in [4.69, 9.17) is 16.3 Å². The predicted molar refractivity (Wildman–Crippen MR) is 129 cm³/mol. The van der Waals surface area contributed by atoms with Crippen LogP contribution in [0.15, 0.2) is 36.4 Å². The molecule has 1 heterocycles. The lowest BCUT2D eigenvalue weighted by atomic mass is 9.80. The van der Waals surface area contributed by atoms with Crippen molar-refractivity contribution in [3.63, 3.8) is 0 Å². The molecule has 0 saturated carbocycles. The summed E-state index contributed by atoms with van der Waals surface area (Å²) in [5.74, 6) is 0.266. The van der Waals surface area contributed by atoms with E-state index >= 15 is 0 Å². The number of anilines is 1. The molecule has 0 aliphatic heterocycles. The third-order valence-electron chi connectivity index (χ3n) is 5.40. The Labute approximate surface area is 194 Å². The predicted octanol–water partition coefficient (Wildman–Crippen LogP) is 6.09.